The predicted octanol–water partition coefficient (Wildman–Crippen LogP) is 7.02. The third-order valence-corrected chi connectivity index (χ3v) is 6.85. The first-order valence-corrected chi connectivity index (χ1v) is 13.5. The highest BCUT2D eigenvalue weighted by Gasteiger charge is 2.14. The first-order chi connectivity index (χ1) is 16.5. The van der Waals surface area contributed by atoms with Gasteiger partial charge < -0.3 is 14.4 Å². The third-order valence-electron chi connectivity index (χ3n) is 5.92. The maximum absolute atomic E-state index is 12.5. The van der Waals surface area contributed by atoms with Crippen molar-refractivity contribution in [3.05, 3.63) is 40.1 Å². The van der Waals surface area contributed by atoms with Crippen LogP contribution in [0.5, 0.6) is 5.75 Å². The SMILES string of the molecule is CCCCCCCC(=O)N(C)Cc1cc(-c2ccc(CCC(=O)OC)cc2OCCCC)cs1. The molecule has 6 heteroatoms. The number of thiophene rings is 1. The molecule has 1 aromatic carbocycles. The van der Waals surface area contributed by atoms with E-state index in [1.165, 1.54) is 26.4 Å². The number of carbonyl (C=O) groups excluding carboxylic acids is 2. The molecule has 0 saturated carbocycles. The minimum atomic E-state index is -0.209. The highest BCUT2D eigenvalue weighted by Crippen LogP contribution is 2.35. The Hall–Kier alpha value is -2.34. The summed E-state index contributed by atoms with van der Waals surface area (Å²) in [6.07, 6.45) is 9.45. The highest BCUT2D eigenvalue weighted by molar-refractivity contribution is 7.10. The number of unbranched alkanes of at least 4 members (excludes halogenated alkanes) is 5. The zero-order valence-corrected chi connectivity index (χ0v) is 22.2. The number of methoxy groups -OCH3 is 1. The maximum atomic E-state index is 12.5. The normalized spacial score (nSPS) is 10.8. The van der Waals surface area contributed by atoms with Crippen LogP contribution in [0.15, 0.2) is 29.6 Å². The smallest absolute Gasteiger partial charge is 0.305 e. The molecule has 5 nitrogen and oxygen atoms in total. The summed E-state index contributed by atoms with van der Waals surface area (Å²) in [7, 11) is 3.31. The van der Waals surface area contributed by atoms with Crippen molar-refractivity contribution >= 4 is 23.2 Å². The van der Waals surface area contributed by atoms with Gasteiger partial charge in [0.05, 0.1) is 20.3 Å². The second kappa shape index (κ2) is 15.5. The summed E-state index contributed by atoms with van der Waals surface area (Å²) in [5, 5.41) is 2.13. The number of hydrogen-bond acceptors (Lipinski definition) is 5. The monoisotopic (exact) mass is 487 g/mol. The van der Waals surface area contributed by atoms with Crippen molar-refractivity contribution < 1.29 is 19.1 Å². The van der Waals surface area contributed by atoms with Crippen LogP contribution < -0.4 is 4.74 Å². The standard InChI is InChI=1S/C28H41NO4S/c1-5-7-9-10-11-12-27(30)29(3)20-24-19-23(21-34-24)25-15-13-22(14-16-28(31)32-4)18-26(25)33-17-8-6-2/h13,15,18-19,21H,5-12,14,16-17,20H2,1-4H3. The molecule has 2 rings (SSSR count). The number of rotatable bonds is 16. The average Bonchev–Trinajstić information content (AvgIpc) is 3.30. The molecule has 1 heterocycles. The molecule has 34 heavy (non-hydrogen) atoms. The Morgan fingerprint density at radius 2 is 1.74 bits per heavy atom. The Morgan fingerprint density at radius 1 is 0.971 bits per heavy atom. The Kier molecular flexibility index (Phi) is 12.8. The van der Waals surface area contributed by atoms with Crippen molar-refractivity contribution in [2.45, 2.75) is 84.6 Å². The number of ether oxygens (including phenoxy) is 2. The summed E-state index contributed by atoms with van der Waals surface area (Å²) < 4.78 is 10.9. The number of hydrogen-bond donors (Lipinski definition) is 0. The molecule has 0 unspecified atom stereocenters. The molecule has 188 valence electrons. The first kappa shape index (κ1) is 27.9. The second-order valence-electron chi connectivity index (χ2n) is 8.82. The summed E-state index contributed by atoms with van der Waals surface area (Å²) in [4.78, 5) is 27.0. The number of carbonyl (C=O) groups is 2. The molecule has 0 aliphatic rings. The molecule has 1 amide bonds. The van der Waals surface area contributed by atoms with E-state index in [1.54, 1.807) is 11.3 Å². The van der Waals surface area contributed by atoms with E-state index < -0.39 is 0 Å². The number of esters is 1. The van der Waals surface area contributed by atoms with Gasteiger partial charge in [0.2, 0.25) is 5.91 Å². The predicted molar refractivity (Wildman–Crippen MR) is 140 cm³/mol. The van der Waals surface area contributed by atoms with E-state index in [-0.39, 0.29) is 11.9 Å². The van der Waals surface area contributed by atoms with Crippen molar-refractivity contribution in [2.75, 3.05) is 20.8 Å². The fourth-order valence-electron chi connectivity index (χ4n) is 3.75. The lowest BCUT2D eigenvalue weighted by Crippen LogP contribution is -2.25. The van der Waals surface area contributed by atoms with Gasteiger partial charge in [0.25, 0.3) is 0 Å². The molecular weight excluding hydrogens is 446 g/mol. The van der Waals surface area contributed by atoms with E-state index in [0.717, 1.165) is 53.0 Å². The Morgan fingerprint density at radius 3 is 2.47 bits per heavy atom. The van der Waals surface area contributed by atoms with Gasteiger partial charge in [0.15, 0.2) is 0 Å². The molecule has 0 fully saturated rings. The summed E-state index contributed by atoms with van der Waals surface area (Å²) in [6, 6.07) is 8.33. The number of benzene rings is 1. The topological polar surface area (TPSA) is 55.8 Å². The molecule has 0 radical (unpaired) electrons. The van der Waals surface area contributed by atoms with Crippen molar-refractivity contribution in [3.8, 4) is 16.9 Å². The van der Waals surface area contributed by atoms with Crippen LogP contribution in [0.2, 0.25) is 0 Å². The van der Waals surface area contributed by atoms with E-state index in [4.69, 9.17) is 9.47 Å². The number of aryl methyl sites for hydroxylation is 1. The average molecular weight is 488 g/mol. The van der Waals surface area contributed by atoms with Crippen LogP contribution in [0.25, 0.3) is 11.1 Å². The zero-order valence-electron chi connectivity index (χ0n) is 21.4. The minimum absolute atomic E-state index is 0.209. The summed E-state index contributed by atoms with van der Waals surface area (Å²) in [5.74, 6) is 0.848. The van der Waals surface area contributed by atoms with Crippen LogP contribution in [0.3, 0.4) is 0 Å². The van der Waals surface area contributed by atoms with Crippen LogP contribution in [0.4, 0.5) is 0 Å². The quantitative estimate of drug-likeness (QED) is 0.189. The molecule has 0 atom stereocenters. The van der Waals surface area contributed by atoms with Crippen molar-refractivity contribution in [2.24, 2.45) is 0 Å². The Labute approximate surface area is 209 Å². The van der Waals surface area contributed by atoms with E-state index in [9.17, 15) is 9.59 Å². The van der Waals surface area contributed by atoms with Crippen LogP contribution in [-0.2, 0) is 27.3 Å². The lowest BCUT2D eigenvalue weighted by Gasteiger charge is -2.16. The summed E-state index contributed by atoms with van der Waals surface area (Å²) >= 11 is 1.67. The highest BCUT2D eigenvalue weighted by atomic mass is 32.1. The van der Waals surface area contributed by atoms with E-state index in [2.05, 4.69) is 37.4 Å². The minimum Gasteiger partial charge on any atom is -0.493 e. The van der Waals surface area contributed by atoms with E-state index >= 15 is 0 Å². The molecule has 0 saturated heterocycles. The fraction of sp³-hybridized carbons (Fsp3) is 0.571. The van der Waals surface area contributed by atoms with Gasteiger partial charge in [-0.25, -0.2) is 0 Å². The lowest BCUT2D eigenvalue weighted by atomic mass is 10.0. The molecule has 0 aliphatic heterocycles. The molecular formula is C28H41NO4S. The Bertz CT molecular complexity index is 892. The molecule has 0 bridgehead atoms. The molecule has 0 spiro atoms. The van der Waals surface area contributed by atoms with E-state index in [0.29, 0.717) is 32.4 Å². The van der Waals surface area contributed by atoms with Crippen LogP contribution >= 0.6 is 11.3 Å². The van der Waals surface area contributed by atoms with Gasteiger partial charge in [-0.2, -0.15) is 0 Å². The second-order valence-corrected chi connectivity index (χ2v) is 9.82. The molecule has 1 aromatic heterocycles. The van der Waals surface area contributed by atoms with Crippen LogP contribution in [0.1, 0.15) is 82.1 Å². The third kappa shape index (κ3) is 9.49. The zero-order chi connectivity index (χ0) is 24.8. The van der Waals surface area contributed by atoms with Crippen molar-refractivity contribution in [1.29, 1.82) is 0 Å². The number of amides is 1. The summed E-state index contributed by atoms with van der Waals surface area (Å²) in [6.45, 7) is 5.64. The number of nitrogens with zero attached hydrogens (tertiary/aromatic N) is 1. The fourth-order valence-corrected chi connectivity index (χ4v) is 4.69. The van der Waals surface area contributed by atoms with Gasteiger partial charge >= 0.3 is 5.97 Å². The first-order valence-electron chi connectivity index (χ1n) is 12.6. The Balaban J connectivity index is 2.04. The van der Waals surface area contributed by atoms with E-state index in [1.807, 2.05) is 18.0 Å². The van der Waals surface area contributed by atoms with Gasteiger partial charge in [-0.15, -0.1) is 11.3 Å². The molecule has 0 N–H and O–H groups in total. The van der Waals surface area contributed by atoms with Gasteiger partial charge in [-0.05, 0) is 47.9 Å². The lowest BCUT2D eigenvalue weighted by molar-refractivity contribution is -0.140. The largest absolute Gasteiger partial charge is 0.493 e. The van der Waals surface area contributed by atoms with Crippen molar-refractivity contribution in [1.82, 2.24) is 4.90 Å². The van der Waals surface area contributed by atoms with Crippen molar-refractivity contribution in [3.63, 3.8) is 0 Å². The van der Waals surface area contributed by atoms with Gasteiger partial charge in [0, 0.05) is 30.3 Å². The van der Waals surface area contributed by atoms with Gasteiger partial charge in [-0.1, -0.05) is 58.1 Å². The molecule has 0 aliphatic carbocycles. The maximum Gasteiger partial charge on any atom is 0.305 e. The molecule has 2 aromatic rings. The summed E-state index contributed by atoms with van der Waals surface area (Å²) in [5.41, 5.74) is 3.21. The van der Waals surface area contributed by atoms with Crippen LogP contribution in [0, 0.1) is 0 Å². The van der Waals surface area contributed by atoms with Crippen LogP contribution in [-0.4, -0.2) is 37.5 Å². The van der Waals surface area contributed by atoms with Gasteiger partial charge in [0.1, 0.15) is 5.75 Å². The van der Waals surface area contributed by atoms with Gasteiger partial charge in [-0.3, -0.25) is 9.59 Å².